The Morgan fingerprint density at radius 1 is 1.09 bits per heavy atom. The predicted octanol–water partition coefficient (Wildman–Crippen LogP) is 2.19. The van der Waals surface area contributed by atoms with Crippen LogP contribution in [0.3, 0.4) is 0 Å². The van der Waals surface area contributed by atoms with Crippen LogP contribution >= 0.6 is 0 Å². The topological polar surface area (TPSA) is 61.4 Å². The van der Waals surface area contributed by atoms with Gasteiger partial charge in [-0.05, 0) is 23.1 Å². The van der Waals surface area contributed by atoms with Crippen LogP contribution in [0.1, 0.15) is 22.7 Å². The highest BCUT2D eigenvalue weighted by Gasteiger charge is 2.31. The monoisotopic (exact) mass is 296 g/mol. The van der Waals surface area contributed by atoms with E-state index in [0.717, 1.165) is 17.5 Å². The standard InChI is InChI=1S/C18H20N2O2/c21-16-12-14-8-4-5-9-15(14)17(16)20-18(22)19-11-10-13-6-2-1-3-7-13/h1-9,16-17,21H,10-12H2,(H2,19,20,22). The van der Waals surface area contributed by atoms with Crippen molar-refractivity contribution in [2.75, 3.05) is 6.54 Å². The van der Waals surface area contributed by atoms with Gasteiger partial charge in [0.1, 0.15) is 0 Å². The second-order valence-electron chi connectivity index (χ2n) is 5.58. The third-order valence-corrected chi connectivity index (χ3v) is 4.03. The summed E-state index contributed by atoms with van der Waals surface area (Å²) in [5.74, 6) is 0. The normalized spacial score (nSPS) is 19.5. The molecule has 3 N–H and O–H groups in total. The number of nitrogens with one attached hydrogen (secondary N) is 2. The van der Waals surface area contributed by atoms with Gasteiger partial charge in [0.2, 0.25) is 0 Å². The maximum Gasteiger partial charge on any atom is 0.315 e. The Morgan fingerprint density at radius 3 is 2.64 bits per heavy atom. The molecule has 0 saturated carbocycles. The summed E-state index contributed by atoms with van der Waals surface area (Å²) in [5.41, 5.74) is 3.30. The fraction of sp³-hybridized carbons (Fsp3) is 0.278. The van der Waals surface area contributed by atoms with Crippen LogP contribution in [-0.2, 0) is 12.8 Å². The first-order chi connectivity index (χ1) is 10.7. The van der Waals surface area contributed by atoms with Crippen LogP contribution < -0.4 is 10.6 Å². The summed E-state index contributed by atoms with van der Waals surface area (Å²) in [6.07, 6.45) is 0.820. The Kier molecular flexibility index (Phi) is 4.39. The summed E-state index contributed by atoms with van der Waals surface area (Å²) in [5, 5.41) is 15.8. The number of carbonyl (C=O) groups is 1. The first-order valence-electron chi connectivity index (χ1n) is 7.58. The summed E-state index contributed by atoms with van der Waals surface area (Å²) in [7, 11) is 0. The predicted molar refractivity (Wildman–Crippen MR) is 85.6 cm³/mol. The van der Waals surface area contributed by atoms with Gasteiger partial charge in [0.05, 0.1) is 12.1 Å². The Morgan fingerprint density at radius 2 is 1.82 bits per heavy atom. The number of aliphatic hydroxyl groups is 1. The van der Waals surface area contributed by atoms with E-state index in [1.165, 1.54) is 5.56 Å². The third kappa shape index (κ3) is 3.28. The molecule has 2 aromatic carbocycles. The molecule has 114 valence electrons. The molecule has 3 rings (SSSR count). The molecule has 4 heteroatoms. The smallest absolute Gasteiger partial charge is 0.315 e. The van der Waals surface area contributed by atoms with E-state index in [0.29, 0.717) is 13.0 Å². The molecule has 0 bridgehead atoms. The third-order valence-electron chi connectivity index (χ3n) is 4.03. The van der Waals surface area contributed by atoms with Gasteiger partial charge in [0, 0.05) is 13.0 Å². The van der Waals surface area contributed by atoms with Gasteiger partial charge >= 0.3 is 6.03 Å². The highest BCUT2D eigenvalue weighted by atomic mass is 16.3. The summed E-state index contributed by atoms with van der Waals surface area (Å²) in [6, 6.07) is 17.3. The maximum atomic E-state index is 12.0. The van der Waals surface area contributed by atoms with Crippen LogP contribution in [0.4, 0.5) is 4.79 Å². The number of fused-ring (bicyclic) bond motifs is 1. The van der Waals surface area contributed by atoms with E-state index in [4.69, 9.17) is 0 Å². The number of hydrogen-bond acceptors (Lipinski definition) is 2. The van der Waals surface area contributed by atoms with Gasteiger partial charge in [-0.15, -0.1) is 0 Å². The van der Waals surface area contributed by atoms with Crippen LogP contribution in [0.25, 0.3) is 0 Å². The number of amides is 2. The second kappa shape index (κ2) is 6.62. The van der Waals surface area contributed by atoms with E-state index >= 15 is 0 Å². The maximum absolute atomic E-state index is 12.0. The average molecular weight is 296 g/mol. The number of urea groups is 1. The van der Waals surface area contributed by atoms with Crippen molar-refractivity contribution in [3.05, 3.63) is 71.3 Å². The van der Waals surface area contributed by atoms with Crippen molar-refractivity contribution in [1.82, 2.24) is 10.6 Å². The van der Waals surface area contributed by atoms with Crippen molar-refractivity contribution in [3.63, 3.8) is 0 Å². The molecule has 2 aromatic rings. The zero-order valence-electron chi connectivity index (χ0n) is 12.3. The molecule has 4 nitrogen and oxygen atoms in total. The van der Waals surface area contributed by atoms with Crippen molar-refractivity contribution >= 4 is 6.03 Å². The molecule has 0 spiro atoms. The highest BCUT2D eigenvalue weighted by Crippen LogP contribution is 2.30. The quantitative estimate of drug-likeness (QED) is 0.810. The van der Waals surface area contributed by atoms with Gasteiger partial charge in [0.15, 0.2) is 0 Å². The minimum Gasteiger partial charge on any atom is -0.390 e. The van der Waals surface area contributed by atoms with Gasteiger partial charge in [-0.25, -0.2) is 4.79 Å². The Bertz CT molecular complexity index is 643. The molecule has 0 aliphatic heterocycles. The zero-order chi connectivity index (χ0) is 15.4. The number of benzene rings is 2. The highest BCUT2D eigenvalue weighted by molar-refractivity contribution is 5.74. The molecule has 0 radical (unpaired) electrons. The van der Waals surface area contributed by atoms with Crippen molar-refractivity contribution in [2.24, 2.45) is 0 Å². The lowest BCUT2D eigenvalue weighted by molar-refractivity contribution is 0.142. The number of carbonyl (C=O) groups excluding carboxylic acids is 1. The second-order valence-corrected chi connectivity index (χ2v) is 5.58. The van der Waals surface area contributed by atoms with E-state index in [1.807, 2.05) is 54.6 Å². The largest absolute Gasteiger partial charge is 0.390 e. The molecule has 0 saturated heterocycles. The van der Waals surface area contributed by atoms with E-state index in [9.17, 15) is 9.90 Å². The number of rotatable bonds is 4. The van der Waals surface area contributed by atoms with Gasteiger partial charge in [-0.1, -0.05) is 54.6 Å². The molecule has 2 amide bonds. The molecular formula is C18H20N2O2. The van der Waals surface area contributed by atoms with E-state index in [1.54, 1.807) is 0 Å². The van der Waals surface area contributed by atoms with Gasteiger partial charge in [-0.3, -0.25) is 0 Å². The Balaban J connectivity index is 1.52. The lowest BCUT2D eigenvalue weighted by Gasteiger charge is -2.18. The molecular weight excluding hydrogens is 276 g/mol. The SMILES string of the molecule is O=C(NCCc1ccccc1)NC1c2ccccc2CC1O. The minimum absolute atomic E-state index is 0.239. The van der Waals surface area contributed by atoms with E-state index in [2.05, 4.69) is 10.6 Å². The lowest BCUT2D eigenvalue weighted by atomic mass is 10.1. The Hall–Kier alpha value is -2.33. The molecule has 0 aromatic heterocycles. The first kappa shape index (κ1) is 14.6. The molecule has 0 heterocycles. The molecule has 1 aliphatic carbocycles. The van der Waals surface area contributed by atoms with E-state index < -0.39 is 6.10 Å². The summed E-state index contributed by atoms with van der Waals surface area (Å²) >= 11 is 0. The molecule has 0 fully saturated rings. The number of hydrogen-bond donors (Lipinski definition) is 3. The molecule has 22 heavy (non-hydrogen) atoms. The molecule has 2 unspecified atom stereocenters. The van der Waals surface area contributed by atoms with Crippen LogP contribution in [-0.4, -0.2) is 23.8 Å². The van der Waals surface area contributed by atoms with Gasteiger partial charge in [-0.2, -0.15) is 0 Å². The van der Waals surface area contributed by atoms with Crippen LogP contribution in [0.2, 0.25) is 0 Å². The van der Waals surface area contributed by atoms with Crippen LogP contribution in [0.15, 0.2) is 54.6 Å². The lowest BCUT2D eigenvalue weighted by Crippen LogP contribution is -2.41. The summed E-state index contributed by atoms with van der Waals surface area (Å²) < 4.78 is 0. The van der Waals surface area contributed by atoms with Crippen LogP contribution in [0.5, 0.6) is 0 Å². The fourth-order valence-corrected chi connectivity index (χ4v) is 2.91. The summed E-state index contributed by atoms with van der Waals surface area (Å²) in [6.45, 7) is 0.570. The van der Waals surface area contributed by atoms with Crippen LogP contribution in [0, 0.1) is 0 Å². The van der Waals surface area contributed by atoms with Crippen molar-refractivity contribution in [3.8, 4) is 0 Å². The molecule has 2 atom stereocenters. The Labute approximate surface area is 130 Å². The van der Waals surface area contributed by atoms with Crippen molar-refractivity contribution in [1.29, 1.82) is 0 Å². The van der Waals surface area contributed by atoms with Gasteiger partial charge < -0.3 is 15.7 Å². The number of aliphatic hydroxyl groups excluding tert-OH is 1. The van der Waals surface area contributed by atoms with Gasteiger partial charge in [0.25, 0.3) is 0 Å². The van der Waals surface area contributed by atoms with Crippen molar-refractivity contribution in [2.45, 2.75) is 25.0 Å². The first-order valence-corrected chi connectivity index (χ1v) is 7.58. The fourth-order valence-electron chi connectivity index (χ4n) is 2.91. The zero-order valence-corrected chi connectivity index (χ0v) is 12.3. The molecule has 1 aliphatic rings. The minimum atomic E-state index is -0.558. The van der Waals surface area contributed by atoms with E-state index in [-0.39, 0.29) is 12.1 Å². The van der Waals surface area contributed by atoms with Crippen molar-refractivity contribution < 1.29 is 9.90 Å². The summed E-state index contributed by atoms with van der Waals surface area (Å²) in [4.78, 5) is 12.0. The average Bonchev–Trinajstić information content (AvgIpc) is 2.84.